The first-order valence-electron chi connectivity index (χ1n) is 7.88. The average Bonchev–Trinajstić information content (AvgIpc) is 2.61. The topological polar surface area (TPSA) is 73.9 Å². The minimum absolute atomic E-state index is 0.0912. The number of alkyl carbamates (subject to hydrolysis) is 1. The maximum absolute atomic E-state index is 11.7. The molecule has 2 rings (SSSR count). The number of carbonyl (C=O) groups excluding carboxylic acids is 2. The van der Waals surface area contributed by atoms with Gasteiger partial charge in [-0.25, -0.2) is 4.79 Å². The Morgan fingerprint density at radius 3 is 2.44 bits per heavy atom. The Labute approximate surface area is 146 Å². The van der Waals surface area contributed by atoms with Gasteiger partial charge < -0.3 is 19.5 Å². The molecule has 0 spiro atoms. The molecule has 0 atom stereocenters. The second-order valence-electron chi connectivity index (χ2n) is 5.32. The summed E-state index contributed by atoms with van der Waals surface area (Å²) >= 11 is 0. The SMILES string of the molecule is COc1cc(COC(=O)NCCc2ccccc2)ccc1OC(C)=O. The van der Waals surface area contributed by atoms with E-state index in [1.54, 1.807) is 18.2 Å². The molecule has 6 heteroatoms. The summed E-state index contributed by atoms with van der Waals surface area (Å²) in [4.78, 5) is 22.8. The first-order valence-corrected chi connectivity index (χ1v) is 7.88. The van der Waals surface area contributed by atoms with Crippen molar-refractivity contribution in [2.45, 2.75) is 20.0 Å². The highest BCUT2D eigenvalue weighted by molar-refractivity contribution is 5.70. The molecule has 25 heavy (non-hydrogen) atoms. The third-order valence-corrected chi connectivity index (χ3v) is 3.38. The van der Waals surface area contributed by atoms with Crippen molar-refractivity contribution >= 4 is 12.1 Å². The first kappa shape index (κ1) is 18.3. The monoisotopic (exact) mass is 343 g/mol. The van der Waals surface area contributed by atoms with Gasteiger partial charge in [0.1, 0.15) is 6.61 Å². The van der Waals surface area contributed by atoms with Crippen molar-refractivity contribution in [1.29, 1.82) is 0 Å². The van der Waals surface area contributed by atoms with Crippen molar-refractivity contribution in [3.63, 3.8) is 0 Å². The van der Waals surface area contributed by atoms with Gasteiger partial charge in [0, 0.05) is 13.5 Å². The molecule has 0 aromatic heterocycles. The molecular weight excluding hydrogens is 322 g/mol. The standard InChI is InChI=1S/C19H21NO5/c1-14(21)25-17-9-8-16(12-18(17)23-2)13-24-19(22)20-11-10-15-6-4-3-5-7-15/h3-9,12H,10-11,13H2,1-2H3,(H,20,22). The number of esters is 1. The van der Waals surface area contributed by atoms with Crippen LogP contribution in [-0.4, -0.2) is 25.7 Å². The number of ether oxygens (including phenoxy) is 3. The third-order valence-electron chi connectivity index (χ3n) is 3.38. The molecule has 6 nitrogen and oxygen atoms in total. The molecule has 2 aromatic carbocycles. The number of carbonyl (C=O) groups is 2. The molecule has 0 heterocycles. The lowest BCUT2D eigenvalue weighted by molar-refractivity contribution is -0.132. The zero-order chi connectivity index (χ0) is 18.1. The molecule has 0 aliphatic carbocycles. The summed E-state index contributed by atoms with van der Waals surface area (Å²) in [7, 11) is 1.48. The van der Waals surface area contributed by atoms with Crippen molar-refractivity contribution in [3.05, 3.63) is 59.7 Å². The van der Waals surface area contributed by atoms with Gasteiger partial charge in [-0.05, 0) is 29.7 Å². The molecule has 0 radical (unpaired) electrons. The molecule has 0 bridgehead atoms. The lowest BCUT2D eigenvalue weighted by Crippen LogP contribution is -2.26. The normalized spacial score (nSPS) is 10.0. The van der Waals surface area contributed by atoms with Gasteiger partial charge in [0.05, 0.1) is 7.11 Å². The Balaban J connectivity index is 1.80. The summed E-state index contributed by atoms with van der Waals surface area (Å²) in [5, 5.41) is 2.71. The van der Waals surface area contributed by atoms with Gasteiger partial charge in [0.2, 0.25) is 0 Å². The number of nitrogens with one attached hydrogen (secondary N) is 1. The van der Waals surface area contributed by atoms with Gasteiger partial charge in [0.25, 0.3) is 0 Å². The summed E-state index contributed by atoms with van der Waals surface area (Å²) in [6, 6.07) is 14.8. The zero-order valence-electron chi connectivity index (χ0n) is 14.3. The lowest BCUT2D eigenvalue weighted by atomic mass is 10.1. The van der Waals surface area contributed by atoms with Crippen LogP contribution in [0.1, 0.15) is 18.1 Å². The Morgan fingerprint density at radius 1 is 1.00 bits per heavy atom. The highest BCUT2D eigenvalue weighted by atomic mass is 16.6. The molecule has 132 valence electrons. The van der Waals surface area contributed by atoms with Crippen LogP contribution in [0.15, 0.2) is 48.5 Å². The first-order chi connectivity index (χ1) is 12.1. The smallest absolute Gasteiger partial charge is 0.407 e. The van der Waals surface area contributed by atoms with Crippen molar-refractivity contribution in [2.24, 2.45) is 0 Å². The average molecular weight is 343 g/mol. The number of rotatable bonds is 7. The quantitative estimate of drug-likeness (QED) is 0.618. The number of benzene rings is 2. The van der Waals surface area contributed by atoms with Crippen LogP contribution in [0.2, 0.25) is 0 Å². The van der Waals surface area contributed by atoms with Gasteiger partial charge in [0.15, 0.2) is 11.5 Å². The molecule has 0 aliphatic heterocycles. The molecule has 0 saturated heterocycles. The van der Waals surface area contributed by atoms with E-state index in [0.29, 0.717) is 18.0 Å². The predicted octanol–water partition coefficient (Wildman–Crippen LogP) is 3.09. The van der Waals surface area contributed by atoms with E-state index in [9.17, 15) is 9.59 Å². The van der Waals surface area contributed by atoms with Crippen LogP contribution < -0.4 is 14.8 Å². The van der Waals surface area contributed by atoms with Gasteiger partial charge >= 0.3 is 12.1 Å². The highest BCUT2D eigenvalue weighted by Gasteiger charge is 2.09. The molecule has 0 aliphatic rings. The number of amides is 1. The summed E-state index contributed by atoms with van der Waals surface area (Å²) in [5.74, 6) is 0.298. The second kappa shape index (κ2) is 9.32. The maximum Gasteiger partial charge on any atom is 0.407 e. The molecule has 1 N–H and O–H groups in total. The van der Waals surface area contributed by atoms with Gasteiger partial charge in [-0.15, -0.1) is 0 Å². The van der Waals surface area contributed by atoms with Crippen LogP contribution in [0.3, 0.4) is 0 Å². The predicted molar refractivity (Wildman–Crippen MR) is 92.6 cm³/mol. The fourth-order valence-corrected chi connectivity index (χ4v) is 2.19. The Kier molecular flexibility index (Phi) is 6.83. The molecule has 0 saturated carbocycles. The zero-order valence-corrected chi connectivity index (χ0v) is 14.3. The minimum atomic E-state index is -0.487. The highest BCUT2D eigenvalue weighted by Crippen LogP contribution is 2.28. The van der Waals surface area contributed by atoms with Crippen LogP contribution in [0.25, 0.3) is 0 Å². The van der Waals surface area contributed by atoms with Crippen molar-refractivity contribution in [1.82, 2.24) is 5.32 Å². The Bertz CT molecular complexity index is 715. The fraction of sp³-hybridized carbons (Fsp3) is 0.263. The number of methoxy groups -OCH3 is 1. The van der Waals surface area contributed by atoms with Crippen molar-refractivity contribution < 1.29 is 23.8 Å². The summed E-state index contributed by atoms with van der Waals surface area (Å²) in [6.07, 6.45) is 0.250. The summed E-state index contributed by atoms with van der Waals surface area (Å²) in [6.45, 7) is 1.90. The molecule has 1 amide bonds. The van der Waals surface area contributed by atoms with Gasteiger partial charge in [-0.2, -0.15) is 0 Å². The fourth-order valence-electron chi connectivity index (χ4n) is 2.19. The maximum atomic E-state index is 11.7. The Hall–Kier alpha value is -3.02. The largest absolute Gasteiger partial charge is 0.493 e. The third kappa shape index (κ3) is 6.18. The second-order valence-corrected chi connectivity index (χ2v) is 5.32. The van der Waals surface area contributed by atoms with E-state index in [0.717, 1.165) is 17.5 Å². The molecule has 0 unspecified atom stereocenters. The van der Waals surface area contributed by atoms with Crippen molar-refractivity contribution in [2.75, 3.05) is 13.7 Å². The van der Waals surface area contributed by atoms with E-state index in [2.05, 4.69) is 5.32 Å². The van der Waals surface area contributed by atoms with Crippen LogP contribution >= 0.6 is 0 Å². The van der Waals surface area contributed by atoms with E-state index in [1.807, 2.05) is 30.3 Å². The van der Waals surface area contributed by atoms with E-state index < -0.39 is 12.1 Å². The number of hydrogen-bond acceptors (Lipinski definition) is 5. The van der Waals surface area contributed by atoms with E-state index in [4.69, 9.17) is 14.2 Å². The van der Waals surface area contributed by atoms with E-state index >= 15 is 0 Å². The summed E-state index contributed by atoms with van der Waals surface area (Å²) in [5.41, 5.74) is 1.87. The Morgan fingerprint density at radius 2 is 1.76 bits per heavy atom. The lowest BCUT2D eigenvalue weighted by Gasteiger charge is -2.11. The van der Waals surface area contributed by atoms with Gasteiger partial charge in [-0.1, -0.05) is 36.4 Å². The van der Waals surface area contributed by atoms with Crippen LogP contribution in [-0.2, 0) is 22.6 Å². The molecule has 0 fully saturated rings. The minimum Gasteiger partial charge on any atom is -0.493 e. The van der Waals surface area contributed by atoms with Crippen LogP contribution in [0.4, 0.5) is 4.79 Å². The van der Waals surface area contributed by atoms with Crippen molar-refractivity contribution in [3.8, 4) is 11.5 Å². The molecule has 2 aromatic rings. The van der Waals surface area contributed by atoms with E-state index in [-0.39, 0.29) is 6.61 Å². The number of hydrogen-bond donors (Lipinski definition) is 1. The molecular formula is C19H21NO5. The van der Waals surface area contributed by atoms with Crippen LogP contribution in [0, 0.1) is 0 Å². The van der Waals surface area contributed by atoms with E-state index in [1.165, 1.54) is 14.0 Å². The summed E-state index contributed by atoms with van der Waals surface area (Å²) < 4.78 is 15.4. The van der Waals surface area contributed by atoms with Gasteiger partial charge in [-0.3, -0.25) is 4.79 Å². The van der Waals surface area contributed by atoms with Crippen LogP contribution in [0.5, 0.6) is 11.5 Å².